The van der Waals surface area contributed by atoms with Crippen LogP contribution in [0.3, 0.4) is 0 Å². The summed E-state index contributed by atoms with van der Waals surface area (Å²) in [7, 11) is -3.54. The Balaban J connectivity index is 3.01. The van der Waals surface area contributed by atoms with Crippen LogP contribution in [-0.2, 0) is 16.4 Å². The maximum Gasteiger partial charge on any atom is 0.243 e. The van der Waals surface area contributed by atoms with Crippen molar-refractivity contribution in [1.29, 1.82) is 0 Å². The average Bonchev–Trinajstić information content (AvgIpc) is 2.36. The third-order valence-corrected chi connectivity index (χ3v) is 4.95. The van der Waals surface area contributed by atoms with Crippen molar-refractivity contribution in [2.45, 2.75) is 51.0 Å². The quantitative estimate of drug-likeness (QED) is 0.841. The zero-order valence-electron chi connectivity index (χ0n) is 12.8. The summed E-state index contributed by atoms with van der Waals surface area (Å²) in [6.45, 7) is 7.50. The Morgan fingerprint density at radius 3 is 2.10 bits per heavy atom. The van der Waals surface area contributed by atoms with Crippen LogP contribution in [0, 0.1) is 0 Å². The van der Waals surface area contributed by atoms with E-state index in [9.17, 15) is 13.5 Å². The van der Waals surface area contributed by atoms with Crippen LogP contribution in [0.4, 0.5) is 0 Å². The van der Waals surface area contributed by atoms with Crippen molar-refractivity contribution in [3.8, 4) is 0 Å². The van der Waals surface area contributed by atoms with Crippen LogP contribution in [0.1, 0.15) is 39.7 Å². The highest BCUT2D eigenvalue weighted by Crippen LogP contribution is 2.19. The van der Waals surface area contributed by atoms with E-state index < -0.39 is 15.6 Å². The monoisotopic (exact) mass is 299 g/mol. The van der Waals surface area contributed by atoms with Gasteiger partial charge in [-0.3, -0.25) is 0 Å². The fourth-order valence-corrected chi connectivity index (χ4v) is 3.67. The minimum absolute atomic E-state index is 0.0859. The summed E-state index contributed by atoms with van der Waals surface area (Å²) >= 11 is 0. The van der Waals surface area contributed by atoms with E-state index in [4.69, 9.17) is 0 Å². The summed E-state index contributed by atoms with van der Waals surface area (Å²) in [6.07, 6.45) is 1.98. The molecule has 0 aliphatic rings. The van der Waals surface area contributed by atoms with Gasteiger partial charge in [0.2, 0.25) is 10.0 Å². The molecule has 0 heterocycles. The van der Waals surface area contributed by atoms with Gasteiger partial charge in [-0.15, -0.1) is 0 Å². The average molecular weight is 299 g/mol. The molecule has 20 heavy (non-hydrogen) atoms. The summed E-state index contributed by atoms with van der Waals surface area (Å²) in [6, 6.07) is 7.00. The molecule has 0 aliphatic carbocycles. The first kappa shape index (κ1) is 17.1. The molecular formula is C15H25NO3S. The van der Waals surface area contributed by atoms with Crippen molar-refractivity contribution in [3.63, 3.8) is 0 Å². The van der Waals surface area contributed by atoms with Gasteiger partial charge in [-0.1, -0.05) is 32.4 Å². The lowest BCUT2D eigenvalue weighted by atomic mass is 10.1. The summed E-state index contributed by atoms with van der Waals surface area (Å²) in [5.41, 5.74) is 0.0857. The second kappa shape index (κ2) is 6.70. The van der Waals surface area contributed by atoms with Crippen molar-refractivity contribution in [2.24, 2.45) is 0 Å². The first-order valence-electron chi connectivity index (χ1n) is 7.02. The van der Waals surface area contributed by atoms with Crippen LogP contribution in [0.2, 0.25) is 0 Å². The van der Waals surface area contributed by atoms with Gasteiger partial charge in [-0.25, -0.2) is 8.42 Å². The van der Waals surface area contributed by atoms with Crippen LogP contribution in [0.15, 0.2) is 29.2 Å². The number of nitrogens with zero attached hydrogens (tertiary/aromatic N) is 1. The molecule has 1 rings (SSSR count). The first-order chi connectivity index (χ1) is 9.20. The zero-order valence-corrected chi connectivity index (χ0v) is 13.6. The molecule has 0 bridgehead atoms. The Bertz CT molecular complexity index is 515. The summed E-state index contributed by atoms with van der Waals surface area (Å²) in [5, 5.41) is 9.84. The van der Waals surface area contributed by atoms with E-state index in [1.807, 2.05) is 12.1 Å². The Labute approximate surface area is 122 Å². The van der Waals surface area contributed by atoms with Crippen molar-refractivity contribution in [1.82, 2.24) is 4.31 Å². The molecule has 0 fully saturated rings. The summed E-state index contributed by atoms with van der Waals surface area (Å²) < 4.78 is 26.4. The molecule has 0 aliphatic heterocycles. The van der Waals surface area contributed by atoms with E-state index in [1.54, 1.807) is 32.9 Å². The number of aliphatic hydroxyl groups is 1. The van der Waals surface area contributed by atoms with Crippen LogP contribution < -0.4 is 0 Å². The SMILES string of the molecule is CCCc1ccc(S(=O)(=O)N(CC)CC(C)(C)O)cc1. The lowest BCUT2D eigenvalue weighted by molar-refractivity contribution is 0.0601. The van der Waals surface area contributed by atoms with Gasteiger partial charge in [0.15, 0.2) is 0 Å². The van der Waals surface area contributed by atoms with E-state index >= 15 is 0 Å². The summed E-state index contributed by atoms with van der Waals surface area (Å²) in [4.78, 5) is 0.281. The predicted octanol–water partition coefficient (Wildman–Crippen LogP) is 2.42. The molecule has 5 heteroatoms. The molecule has 0 spiro atoms. The maximum atomic E-state index is 12.5. The smallest absolute Gasteiger partial charge is 0.243 e. The van der Waals surface area contributed by atoms with Gasteiger partial charge in [0.1, 0.15) is 0 Å². The molecule has 1 N–H and O–H groups in total. The third kappa shape index (κ3) is 4.58. The van der Waals surface area contributed by atoms with E-state index in [0.29, 0.717) is 6.54 Å². The Kier molecular flexibility index (Phi) is 5.74. The molecule has 0 unspecified atom stereocenters. The van der Waals surface area contributed by atoms with Crippen LogP contribution in [-0.4, -0.2) is 36.5 Å². The van der Waals surface area contributed by atoms with Gasteiger partial charge in [-0.05, 0) is 38.0 Å². The summed E-state index contributed by atoms with van der Waals surface area (Å²) in [5.74, 6) is 0. The maximum absolute atomic E-state index is 12.5. The molecule has 0 radical (unpaired) electrons. The fourth-order valence-electron chi connectivity index (χ4n) is 2.06. The first-order valence-corrected chi connectivity index (χ1v) is 8.46. The van der Waals surface area contributed by atoms with Crippen molar-refractivity contribution in [2.75, 3.05) is 13.1 Å². The van der Waals surface area contributed by atoms with Crippen molar-refractivity contribution in [3.05, 3.63) is 29.8 Å². The molecular weight excluding hydrogens is 274 g/mol. The Morgan fingerprint density at radius 2 is 1.70 bits per heavy atom. The van der Waals surface area contributed by atoms with Gasteiger partial charge in [0, 0.05) is 13.1 Å². The minimum atomic E-state index is -3.54. The second-order valence-corrected chi connectivity index (χ2v) is 7.58. The lowest BCUT2D eigenvalue weighted by Crippen LogP contribution is -2.42. The largest absolute Gasteiger partial charge is 0.389 e. The number of rotatable bonds is 7. The Morgan fingerprint density at radius 1 is 1.15 bits per heavy atom. The van der Waals surface area contributed by atoms with Crippen LogP contribution in [0.25, 0.3) is 0 Å². The number of likely N-dealkylation sites (N-methyl/N-ethyl adjacent to an activating group) is 1. The number of aryl methyl sites for hydroxylation is 1. The molecule has 0 saturated heterocycles. The van der Waals surface area contributed by atoms with Crippen molar-refractivity contribution < 1.29 is 13.5 Å². The molecule has 0 aromatic heterocycles. The van der Waals surface area contributed by atoms with E-state index in [0.717, 1.165) is 18.4 Å². The zero-order chi connectivity index (χ0) is 15.4. The second-order valence-electron chi connectivity index (χ2n) is 5.64. The highest BCUT2D eigenvalue weighted by Gasteiger charge is 2.28. The molecule has 0 atom stereocenters. The van der Waals surface area contributed by atoms with E-state index in [-0.39, 0.29) is 11.4 Å². The van der Waals surface area contributed by atoms with Crippen LogP contribution >= 0.6 is 0 Å². The standard InChI is InChI=1S/C15H25NO3S/c1-5-7-13-8-10-14(11-9-13)20(18,19)16(6-2)12-15(3,4)17/h8-11,17H,5-7,12H2,1-4H3. The number of hydrogen-bond donors (Lipinski definition) is 1. The molecule has 114 valence electrons. The lowest BCUT2D eigenvalue weighted by Gasteiger charge is -2.27. The molecule has 4 nitrogen and oxygen atoms in total. The van der Waals surface area contributed by atoms with E-state index in [2.05, 4.69) is 6.92 Å². The van der Waals surface area contributed by atoms with Crippen LogP contribution in [0.5, 0.6) is 0 Å². The highest BCUT2D eigenvalue weighted by atomic mass is 32.2. The normalized spacial score (nSPS) is 12.9. The fraction of sp³-hybridized carbons (Fsp3) is 0.600. The van der Waals surface area contributed by atoms with Gasteiger partial charge in [-0.2, -0.15) is 4.31 Å². The van der Waals surface area contributed by atoms with Gasteiger partial charge >= 0.3 is 0 Å². The highest BCUT2D eigenvalue weighted by molar-refractivity contribution is 7.89. The Hall–Kier alpha value is -0.910. The third-order valence-electron chi connectivity index (χ3n) is 3.02. The number of benzene rings is 1. The number of sulfonamides is 1. The molecule has 1 aromatic carbocycles. The van der Waals surface area contributed by atoms with Gasteiger partial charge in [0.25, 0.3) is 0 Å². The van der Waals surface area contributed by atoms with E-state index in [1.165, 1.54) is 4.31 Å². The van der Waals surface area contributed by atoms with Gasteiger partial charge in [0.05, 0.1) is 10.5 Å². The minimum Gasteiger partial charge on any atom is -0.389 e. The molecule has 0 saturated carbocycles. The van der Waals surface area contributed by atoms with Gasteiger partial charge < -0.3 is 5.11 Å². The molecule has 0 amide bonds. The molecule has 1 aromatic rings. The topological polar surface area (TPSA) is 57.6 Å². The van der Waals surface area contributed by atoms with Crippen molar-refractivity contribution >= 4 is 10.0 Å². The predicted molar refractivity (Wildman–Crippen MR) is 81.2 cm³/mol. The number of hydrogen-bond acceptors (Lipinski definition) is 3.